The Morgan fingerprint density at radius 2 is 1.94 bits per heavy atom. The van der Waals surface area contributed by atoms with Crippen molar-refractivity contribution in [2.24, 2.45) is 0 Å². The van der Waals surface area contributed by atoms with Crippen LogP contribution in [0.2, 0.25) is 0 Å². The minimum atomic E-state index is -0.549. The highest BCUT2D eigenvalue weighted by molar-refractivity contribution is 14.1. The van der Waals surface area contributed by atoms with Crippen molar-refractivity contribution < 1.29 is 23.7 Å². The van der Waals surface area contributed by atoms with Gasteiger partial charge in [0.15, 0.2) is 17.6 Å². The van der Waals surface area contributed by atoms with E-state index < -0.39 is 11.7 Å². The summed E-state index contributed by atoms with van der Waals surface area (Å²) in [6, 6.07) is 15.7. The molecule has 0 aromatic heterocycles. The Labute approximate surface area is 197 Å². The van der Waals surface area contributed by atoms with Crippen LogP contribution in [0.1, 0.15) is 39.4 Å². The second-order valence-corrected chi connectivity index (χ2v) is 9.55. The van der Waals surface area contributed by atoms with Crippen LogP contribution in [-0.2, 0) is 9.47 Å². The Hall–Kier alpha value is -2.00. The van der Waals surface area contributed by atoms with Gasteiger partial charge in [0.25, 0.3) is 0 Å². The molecule has 0 aliphatic carbocycles. The average molecular weight is 539 g/mol. The molecule has 0 spiro atoms. The van der Waals surface area contributed by atoms with Crippen LogP contribution in [0.5, 0.6) is 11.5 Å². The third kappa shape index (κ3) is 6.74. The molecule has 1 fully saturated rings. The third-order valence-electron chi connectivity index (χ3n) is 4.66. The lowest BCUT2D eigenvalue weighted by molar-refractivity contribution is -0.0840. The van der Waals surface area contributed by atoms with Crippen molar-refractivity contribution in [3.63, 3.8) is 0 Å². The zero-order valence-corrected chi connectivity index (χ0v) is 20.6. The molecule has 1 amide bonds. The summed E-state index contributed by atoms with van der Waals surface area (Å²) in [4.78, 5) is 14.3. The highest BCUT2D eigenvalue weighted by atomic mass is 127. The first-order chi connectivity index (χ1) is 14.8. The van der Waals surface area contributed by atoms with E-state index in [-0.39, 0.29) is 12.2 Å². The van der Waals surface area contributed by atoms with Crippen LogP contribution in [0.3, 0.4) is 0 Å². The molecule has 1 aliphatic rings. The third-order valence-corrected chi connectivity index (χ3v) is 5.33. The number of hydrogen-bond donors (Lipinski definition) is 0. The summed E-state index contributed by atoms with van der Waals surface area (Å²) in [6.07, 6.45) is -1.10. The van der Waals surface area contributed by atoms with Crippen LogP contribution in [-0.4, -0.2) is 49.0 Å². The Kier molecular flexibility index (Phi) is 8.05. The largest absolute Gasteiger partial charge is 0.490 e. The standard InChI is InChI=1S/C24H30INO5/c1-5-28-19-11-6-7-12-20(19)30-22(17-9-8-10-18(25)15-17)21-16-26(13-14-29-21)23(27)31-24(2,3)4/h6-12,15,21-22H,5,13-14,16H2,1-4H3/t21-,22-/m0/s1. The molecule has 0 bridgehead atoms. The number of rotatable bonds is 6. The number of morpholine rings is 1. The van der Waals surface area contributed by atoms with Crippen molar-refractivity contribution in [2.75, 3.05) is 26.3 Å². The van der Waals surface area contributed by atoms with E-state index in [1.807, 2.05) is 70.2 Å². The van der Waals surface area contributed by atoms with Gasteiger partial charge in [0.1, 0.15) is 11.7 Å². The smallest absolute Gasteiger partial charge is 0.410 e. The summed E-state index contributed by atoms with van der Waals surface area (Å²) in [6.45, 7) is 9.36. The van der Waals surface area contributed by atoms with Crippen molar-refractivity contribution in [3.8, 4) is 11.5 Å². The molecular formula is C24H30INO5. The van der Waals surface area contributed by atoms with E-state index in [0.717, 1.165) is 9.13 Å². The molecule has 1 heterocycles. The van der Waals surface area contributed by atoms with E-state index >= 15 is 0 Å². The van der Waals surface area contributed by atoms with E-state index in [1.54, 1.807) is 4.90 Å². The number of carbonyl (C=O) groups is 1. The normalized spacial score (nSPS) is 17.7. The molecule has 0 saturated carbocycles. The number of benzene rings is 2. The number of carbonyl (C=O) groups excluding carboxylic acids is 1. The van der Waals surface area contributed by atoms with Crippen molar-refractivity contribution >= 4 is 28.7 Å². The molecule has 7 heteroatoms. The highest BCUT2D eigenvalue weighted by Gasteiger charge is 2.35. The predicted molar refractivity (Wildman–Crippen MR) is 128 cm³/mol. The molecule has 2 aromatic carbocycles. The first kappa shape index (κ1) is 23.7. The first-order valence-electron chi connectivity index (χ1n) is 10.5. The highest BCUT2D eigenvalue weighted by Crippen LogP contribution is 2.35. The van der Waals surface area contributed by atoms with Gasteiger partial charge in [-0.2, -0.15) is 0 Å². The van der Waals surface area contributed by atoms with E-state index in [9.17, 15) is 4.79 Å². The number of hydrogen-bond acceptors (Lipinski definition) is 5. The molecule has 2 atom stereocenters. The Bertz CT molecular complexity index is 882. The van der Waals surface area contributed by atoms with Crippen molar-refractivity contribution in [2.45, 2.75) is 45.5 Å². The van der Waals surface area contributed by atoms with Crippen LogP contribution in [0.15, 0.2) is 48.5 Å². The lowest BCUT2D eigenvalue weighted by Gasteiger charge is -2.37. The number of nitrogens with zero attached hydrogens (tertiary/aromatic N) is 1. The topological polar surface area (TPSA) is 57.2 Å². The lowest BCUT2D eigenvalue weighted by Crippen LogP contribution is -2.50. The Morgan fingerprint density at radius 3 is 2.61 bits per heavy atom. The molecule has 3 rings (SSSR count). The second kappa shape index (κ2) is 10.5. The summed E-state index contributed by atoms with van der Waals surface area (Å²) < 4.78 is 25.0. The SMILES string of the molecule is CCOc1ccccc1O[C@@H](c1cccc(I)c1)[C@@H]1CN(C(=O)OC(C)(C)C)CCO1. The van der Waals surface area contributed by atoms with Gasteiger partial charge in [-0.15, -0.1) is 0 Å². The molecule has 1 aliphatic heterocycles. The van der Waals surface area contributed by atoms with Gasteiger partial charge in [-0.05, 0) is 80.1 Å². The van der Waals surface area contributed by atoms with Gasteiger partial charge in [0.2, 0.25) is 0 Å². The summed E-state index contributed by atoms with van der Waals surface area (Å²) in [5.41, 5.74) is 0.432. The fourth-order valence-electron chi connectivity index (χ4n) is 3.35. The Morgan fingerprint density at radius 1 is 1.19 bits per heavy atom. The fraction of sp³-hybridized carbons (Fsp3) is 0.458. The maximum atomic E-state index is 12.7. The van der Waals surface area contributed by atoms with Gasteiger partial charge in [-0.25, -0.2) is 4.79 Å². The molecule has 168 valence electrons. The fourth-order valence-corrected chi connectivity index (χ4v) is 3.92. The molecule has 0 unspecified atom stereocenters. The van der Waals surface area contributed by atoms with Gasteiger partial charge < -0.3 is 23.8 Å². The summed E-state index contributed by atoms with van der Waals surface area (Å²) in [5, 5.41) is 0. The summed E-state index contributed by atoms with van der Waals surface area (Å²) >= 11 is 2.28. The predicted octanol–water partition coefficient (Wildman–Crippen LogP) is 5.45. The van der Waals surface area contributed by atoms with Crippen LogP contribution in [0.25, 0.3) is 0 Å². The number of para-hydroxylation sites is 2. The zero-order valence-electron chi connectivity index (χ0n) is 18.5. The van der Waals surface area contributed by atoms with Crippen LogP contribution >= 0.6 is 22.6 Å². The van der Waals surface area contributed by atoms with Gasteiger partial charge in [-0.1, -0.05) is 24.3 Å². The number of amides is 1. The number of halogens is 1. The molecule has 31 heavy (non-hydrogen) atoms. The van der Waals surface area contributed by atoms with E-state index in [1.165, 1.54) is 0 Å². The molecule has 6 nitrogen and oxygen atoms in total. The molecule has 2 aromatic rings. The van der Waals surface area contributed by atoms with Crippen LogP contribution < -0.4 is 9.47 Å². The summed E-state index contributed by atoms with van der Waals surface area (Å²) in [7, 11) is 0. The number of ether oxygens (including phenoxy) is 4. The summed E-state index contributed by atoms with van der Waals surface area (Å²) in [5.74, 6) is 1.33. The molecular weight excluding hydrogens is 509 g/mol. The van der Waals surface area contributed by atoms with Crippen molar-refractivity contribution in [1.29, 1.82) is 0 Å². The zero-order chi connectivity index (χ0) is 22.4. The van der Waals surface area contributed by atoms with E-state index in [0.29, 0.717) is 37.8 Å². The van der Waals surface area contributed by atoms with E-state index in [2.05, 4.69) is 28.7 Å². The monoisotopic (exact) mass is 539 g/mol. The lowest BCUT2D eigenvalue weighted by atomic mass is 10.0. The van der Waals surface area contributed by atoms with Gasteiger partial charge >= 0.3 is 6.09 Å². The van der Waals surface area contributed by atoms with Crippen LogP contribution in [0.4, 0.5) is 4.79 Å². The maximum Gasteiger partial charge on any atom is 0.410 e. The van der Waals surface area contributed by atoms with Gasteiger partial charge in [-0.3, -0.25) is 0 Å². The van der Waals surface area contributed by atoms with Crippen molar-refractivity contribution in [1.82, 2.24) is 4.90 Å². The minimum absolute atomic E-state index is 0.336. The van der Waals surface area contributed by atoms with E-state index in [4.69, 9.17) is 18.9 Å². The maximum absolute atomic E-state index is 12.7. The van der Waals surface area contributed by atoms with Gasteiger partial charge in [0.05, 0.1) is 19.8 Å². The first-order valence-corrected chi connectivity index (χ1v) is 11.6. The van der Waals surface area contributed by atoms with Crippen molar-refractivity contribution in [3.05, 3.63) is 57.7 Å². The molecule has 1 saturated heterocycles. The van der Waals surface area contributed by atoms with Crippen LogP contribution in [0, 0.1) is 3.57 Å². The second-order valence-electron chi connectivity index (χ2n) is 8.31. The molecule has 0 N–H and O–H groups in total. The average Bonchev–Trinajstić information content (AvgIpc) is 2.72. The molecule has 0 radical (unpaired) electrons. The quantitative estimate of drug-likeness (QED) is 0.458. The Balaban J connectivity index is 1.87. The minimum Gasteiger partial charge on any atom is -0.490 e. The van der Waals surface area contributed by atoms with Gasteiger partial charge in [0, 0.05) is 10.1 Å².